The first-order chi connectivity index (χ1) is 13.3. The fourth-order valence-electron chi connectivity index (χ4n) is 2.98. The first-order valence-electron chi connectivity index (χ1n) is 9.39. The highest BCUT2D eigenvalue weighted by atomic mass is 16.5. The summed E-state index contributed by atoms with van der Waals surface area (Å²) in [6, 6.07) is 20.2. The summed E-state index contributed by atoms with van der Waals surface area (Å²) < 4.78 is 8.14. The summed E-state index contributed by atoms with van der Waals surface area (Å²) in [5.74, 6) is 0. The summed E-state index contributed by atoms with van der Waals surface area (Å²) in [7, 11) is 0. The third-order valence-electron chi connectivity index (χ3n) is 4.37. The average Bonchev–Trinajstić information content (AvgIpc) is 3.23. The molecule has 2 aromatic carbocycles. The minimum atomic E-state index is -0.548. The van der Waals surface area contributed by atoms with Crippen molar-refractivity contribution in [2.24, 2.45) is 0 Å². The molecule has 1 aromatic heterocycles. The highest BCUT2D eigenvalue weighted by Gasteiger charge is 2.16. The summed E-state index contributed by atoms with van der Waals surface area (Å²) >= 11 is 0. The molecule has 1 atom stereocenters. The van der Waals surface area contributed by atoms with Gasteiger partial charge in [0.1, 0.15) is 6.10 Å². The molecule has 0 bridgehead atoms. The molecule has 5 heteroatoms. The molecule has 0 spiro atoms. The normalized spacial score (nSPS) is 12.4. The van der Waals surface area contributed by atoms with Crippen molar-refractivity contribution in [2.45, 2.75) is 25.2 Å². The number of hydrogen-bond donors (Lipinski definition) is 2. The Kier molecular flexibility index (Phi) is 7.59. The lowest BCUT2D eigenvalue weighted by atomic mass is 10.0. The van der Waals surface area contributed by atoms with Crippen LogP contribution in [0.5, 0.6) is 0 Å². The van der Waals surface area contributed by atoms with Gasteiger partial charge in [-0.2, -0.15) is 0 Å². The Hall–Kier alpha value is -2.47. The Bertz CT molecular complexity index is 708. The maximum atomic E-state index is 10.3. The molecular weight excluding hydrogens is 338 g/mol. The second-order valence-corrected chi connectivity index (χ2v) is 6.55. The largest absolute Gasteiger partial charge is 0.389 e. The van der Waals surface area contributed by atoms with E-state index in [2.05, 4.69) is 34.6 Å². The molecule has 0 aliphatic heterocycles. The van der Waals surface area contributed by atoms with Gasteiger partial charge in [-0.05, 0) is 24.1 Å². The van der Waals surface area contributed by atoms with E-state index in [-0.39, 0.29) is 12.7 Å². The monoisotopic (exact) mass is 365 g/mol. The predicted molar refractivity (Wildman–Crippen MR) is 106 cm³/mol. The fraction of sp³-hybridized carbons (Fsp3) is 0.318. The van der Waals surface area contributed by atoms with Gasteiger partial charge < -0.3 is 19.7 Å². The molecule has 0 radical (unpaired) electrons. The van der Waals surface area contributed by atoms with E-state index in [0.717, 1.165) is 30.6 Å². The fourth-order valence-corrected chi connectivity index (χ4v) is 2.98. The highest BCUT2D eigenvalue weighted by molar-refractivity contribution is 5.29. The van der Waals surface area contributed by atoms with E-state index in [4.69, 9.17) is 4.74 Å². The van der Waals surface area contributed by atoms with E-state index >= 15 is 0 Å². The number of aromatic nitrogens is 2. The second kappa shape index (κ2) is 10.6. The van der Waals surface area contributed by atoms with Crippen molar-refractivity contribution in [3.8, 4) is 0 Å². The minimum absolute atomic E-state index is 0.178. The summed E-state index contributed by atoms with van der Waals surface area (Å²) in [5.41, 5.74) is 2.17. The van der Waals surface area contributed by atoms with Gasteiger partial charge >= 0.3 is 0 Å². The topological polar surface area (TPSA) is 59.3 Å². The van der Waals surface area contributed by atoms with Crippen LogP contribution in [-0.2, 0) is 11.3 Å². The molecule has 0 aliphatic rings. The third-order valence-corrected chi connectivity index (χ3v) is 4.37. The zero-order chi connectivity index (χ0) is 18.7. The number of benzene rings is 2. The van der Waals surface area contributed by atoms with E-state index < -0.39 is 6.10 Å². The van der Waals surface area contributed by atoms with Crippen LogP contribution in [0.4, 0.5) is 0 Å². The summed E-state index contributed by atoms with van der Waals surface area (Å²) in [4.78, 5) is 4.03. The van der Waals surface area contributed by atoms with Gasteiger partial charge in [0.15, 0.2) is 0 Å². The highest BCUT2D eigenvalue weighted by Crippen LogP contribution is 2.25. The van der Waals surface area contributed by atoms with Crippen LogP contribution < -0.4 is 5.32 Å². The lowest BCUT2D eigenvalue weighted by Gasteiger charge is -2.21. The van der Waals surface area contributed by atoms with E-state index in [9.17, 15) is 5.11 Å². The molecule has 2 N–H and O–H groups in total. The summed E-state index contributed by atoms with van der Waals surface area (Å²) in [5, 5.41) is 13.6. The van der Waals surface area contributed by atoms with Crippen molar-refractivity contribution in [1.82, 2.24) is 14.9 Å². The number of aliphatic hydroxyl groups is 1. The van der Waals surface area contributed by atoms with Gasteiger partial charge in [-0.1, -0.05) is 60.7 Å². The van der Waals surface area contributed by atoms with Crippen LogP contribution >= 0.6 is 0 Å². The number of nitrogens with zero attached hydrogens (tertiary/aromatic N) is 2. The van der Waals surface area contributed by atoms with Gasteiger partial charge in [-0.3, -0.25) is 0 Å². The van der Waals surface area contributed by atoms with Crippen molar-refractivity contribution < 1.29 is 9.84 Å². The molecule has 0 amide bonds. The molecule has 1 heterocycles. The molecule has 0 saturated heterocycles. The summed E-state index contributed by atoms with van der Waals surface area (Å²) in [6.45, 7) is 2.56. The lowest BCUT2D eigenvalue weighted by molar-refractivity contribution is 0.00664. The molecule has 5 nitrogen and oxygen atoms in total. The van der Waals surface area contributed by atoms with Crippen LogP contribution in [0.1, 0.15) is 23.7 Å². The van der Waals surface area contributed by atoms with E-state index in [1.165, 1.54) is 0 Å². The zero-order valence-corrected chi connectivity index (χ0v) is 15.4. The Morgan fingerprint density at radius 1 is 1.00 bits per heavy atom. The maximum absolute atomic E-state index is 10.3. The number of aliphatic hydroxyl groups excluding tert-OH is 1. The van der Waals surface area contributed by atoms with Gasteiger partial charge in [-0.15, -0.1) is 0 Å². The third kappa shape index (κ3) is 6.32. The van der Waals surface area contributed by atoms with E-state index in [1.54, 1.807) is 6.20 Å². The Balaban J connectivity index is 1.44. The zero-order valence-electron chi connectivity index (χ0n) is 15.4. The first kappa shape index (κ1) is 19.3. The van der Waals surface area contributed by atoms with Crippen molar-refractivity contribution in [3.05, 3.63) is 90.5 Å². The molecule has 3 rings (SSSR count). The van der Waals surface area contributed by atoms with Crippen LogP contribution in [0.25, 0.3) is 0 Å². The average molecular weight is 365 g/mol. The van der Waals surface area contributed by atoms with Crippen molar-refractivity contribution in [3.63, 3.8) is 0 Å². The number of rotatable bonds is 11. The maximum Gasteiger partial charge on any atom is 0.108 e. The molecule has 27 heavy (non-hydrogen) atoms. The first-order valence-corrected chi connectivity index (χ1v) is 9.39. The molecule has 3 aromatic rings. The van der Waals surface area contributed by atoms with E-state index in [1.807, 2.05) is 53.5 Å². The van der Waals surface area contributed by atoms with Crippen molar-refractivity contribution >= 4 is 0 Å². The molecule has 0 unspecified atom stereocenters. The lowest BCUT2D eigenvalue weighted by Crippen LogP contribution is -2.32. The standard InChI is InChI=1S/C22H27N3O2/c26-21(16-23-12-7-14-25-15-13-24-18-25)17-27-22(19-8-3-1-4-9-19)20-10-5-2-6-11-20/h1-6,8-11,13,15,18,21-23,26H,7,12,14,16-17H2/t21-/m0/s1. The van der Waals surface area contributed by atoms with Crippen molar-refractivity contribution in [2.75, 3.05) is 19.7 Å². The molecule has 0 aliphatic carbocycles. The van der Waals surface area contributed by atoms with Crippen LogP contribution in [0.15, 0.2) is 79.4 Å². The number of ether oxygens (including phenoxy) is 1. The quantitative estimate of drug-likeness (QED) is 0.513. The van der Waals surface area contributed by atoms with Crippen LogP contribution in [-0.4, -0.2) is 40.5 Å². The van der Waals surface area contributed by atoms with Gasteiger partial charge in [0, 0.05) is 25.5 Å². The number of hydrogen-bond acceptors (Lipinski definition) is 4. The SMILES string of the molecule is O[C@@H](CNCCCn1ccnc1)COC(c1ccccc1)c1ccccc1. The summed E-state index contributed by atoms with van der Waals surface area (Å²) in [6.07, 6.45) is 5.81. The smallest absolute Gasteiger partial charge is 0.108 e. The number of aryl methyl sites for hydroxylation is 1. The van der Waals surface area contributed by atoms with Gasteiger partial charge in [0.05, 0.1) is 19.0 Å². The minimum Gasteiger partial charge on any atom is -0.389 e. The second-order valence-electron chi connectivity index (χ2n) is 6.55. The Morgan fingerprint density at radius 2 is 1.67 bits per heavy atom. The number of nitrogens with one attached hydrogen (secondary N) is 1. The van der Waals surface area contributed by atoms with Crippen LogP contribution in [0.3, 0.4) is 0 Å². The predicted octanol–water partition coefficient (Wildman–Crippen LogP) is 3.03. The van der Waals surface area contributed by atoms with Crippen LogP contribution in [0, 0.1) is 0 Å². The molecule has 0 saturated carbocycles. The van der Waals surface area contributed by atoms with Gasteiger partial charge in [0.2, 0.25) is 0 Å². The Morgan fingerprint density at radius 3 is 2.26 bits per heavy atom. The molecular formula is C22H27N3O2. The van der Waals surface area contributed by atoms with Crippen molar-refractivity contribution in [1.29, 1.82) is 0 Å². The molecule has 142 valence electrons. The van der Waals surface area contributed by atoms with Gasteiger partial charge in [-0.25, -0.2) is 4.98 Å². The van der Waals surface area contributed by atoms with E-state index in [0.29, 0.717) is 6.54 Å². The van der Waals surface area contributed by atoms with Gasteiger partial charge in [0.25, 0.3) is 0 Å². The number of imidazole rings is 1. The Labute approximate surface area is 160 Å². The van der Waals surface area contributed by atoms with Crippen LogP contribution in [0.2, 0.25) is 0 Å². The molecule has 0 fully saturated rings.